The van der Waals surface area contributed by atoms with Crippen molar-refractivity contribution in [2.45, 2.75) is 0 Å². The minimum atomic E-state index is -0.257. The van der Waals surface area contributed by atoms with Gasteiger partial charge in [0.15, 0.2) is 0 Å². The van der Waals surface area contributed by atoms with Gasteiger partial charge in [0.2, 0.25) is 5.43 Å². The summed E-state index contributed by atoms with van der Waals surface area (Å²) in [7, 11) is 0. The second-order valence-electron chi connectivity index (χ2n) is 5.01. The molecular formula is C16H7Br2ClN6O. The first-order chi connectivity index (χ1) is 12.4. The third-order valence-electron chi connectivity index (χ3n) is 3.39. The maximum absolute atomic E-state index is 11.5. The molecule has 128 valence electrons. The third kappa shape index (κ3) is 3.37. The lowest BCUT2D eigenvalue weighted by Gasteiger charge is -1.96. The van der Waals surface area contributed by atoms with E-state index in [2.05, 4.69) is 42.1 Å². The molecule has 10 heteroatoms. The zero-order chi connectivity index (χ0) is 18.8. The van der Waals surface area contributed by atoms with Gasteiger partial charge in [0.1, 0.15) is 23.2 Å². The van der Waals surface area contributed by atoms with Crippen molar-refractivity contribution in [2.24, 2.45) is 0 Å². The molecule has 4 heterocycles. The minimum absolute atomic E-state index is 0.123. The summed E-state index contributed by atoms with van der Waals surface area (Å²) in [6, 6.07) is 7.28. The molecule has 0 aliphatic carbocycles. The number of rotatable bonds is 0. The Bertz CT molecular complexity index is 1270. The number of halogens is 3. The van der Waals surface area contributed by atoms with Crippen LogP contribution in [-0.2, 0) is 0 Å². The summed E-state index contributed by atoms with van der Waals surface area (Å²) < 4.78 is 4.87. The molecule has 0 spiro atoms. The molecule has 0 atom stereocenters. The Balaban J connectivity index is 0.000000151. The van der Waals surface area contributed by atoms with Crippen molar-refractivity contribution in [2.75, 3.05) is 0 Å². The Morgan fingerprint density at radius 2 is 1.73 bits per heavy atom. The summed E-state index contributed by atoms with van der Waals surface area (Å²) in [5.41, 5.74) is 1.45. The number of hydrogen-bond acceptors (Lipinski definition) is 4. The fourth-order valence-electron chi connectivity index (χ4n) is 2.21. The van der Waals surface area contributed by atoms with Gasteiger partial charge in [-0.3, -0.25) is 9.31 Å². The van der Waals surface area contributed by atoms with Crippen LogP contribution in [0.2, 0.25) is 5.02 Å². The Labute approximate surface area is 168 Å². The Morgan fingerprint density at radius 1 is 1.08 bits per heavy atom. The van der Waals surface area contributed by atoms with Crippen molar-refractivity contribution in [3.63, 3.8) is 0 Å². The number of nitriles is 2. The minimum Gasteiger partial charge on any atom is -0.300 e. The molecule has 0 aromatic carbocycles. The third-order valence-corrected chi connectivity index (χ3v) is 4.66. The first-order valence-corrected chi connectivity index (χ1v) is 8.93. The highest BCUT2D eigenvalue weighted by molar-refractivity contribution is 9.10. The van der Waals surface area contributed by atoms with Crippen LogP contribution >= 0.6 is 43.5 Å². The molecule has 4 rings (SSSR count). The topological polar surface area (TPSA) is 102 Å². The van der Waals surface area contributed by atoms with E-state index in [1.807, 2.05) is 18.2 Å². The molecule has 0 unspecified atom stereocenters. The number of aromatic nitrogens is 4. The summed E-state index contributed by atoms with van der Waals surface area (Å²) >= 11 is 12.5. The zero-order valence-corrected chi connectivity index (χ0v) is 16.7. The highest BCUT2D eigenvalue weighted by Gasteiger charge is 2.07. The zero-order valence-electron chi connectivity index (χ0n) is 12.7. The number of fused-ring (bicyclic) bond motifs is 2. The summed E-state index contributed by atoms with van der Waals surface area (Å²) in [6.07, 6.45) is 6.34. The Hall–Kier alpha value is -2.59. The fourth-order valence-corrected chi connectivity index (χ4v) is 3.27. The Kier molecular flexibility index (Phi) is 5.14. The van der Waals surface area contributed by atoms with Gasteiger partial charge in [-0.05, 0) is 44.0 Å². The Morgan fingerprint density at radius 3 is 2.42 bits per heavy atom. The molecule has 26 heavy (non-hydrogen) atoms. The largest absolute Gasteiger partial charge is 0.300 e. The van der Waals surface area contributed by atoms with Crippen molar-refractivity contribution < 1.29 is 0 Å². The van der Waals surface area contributed by atoms with Crippen LogP contribution in [0.5, 0.6) is 0 Å². The smallest absolute Gasteiger partial charge is 0.223 e. The van der Waals surface area contributed by atoms with Crippen molar-refractivity contribution in [3.05, 3.63) is 72.2 Å². The van der Waals surface area contributed by atoms with Gasteiger partial charge in [0.05, 0.1) is 22.3 Å². The van der Waals surface area contributed by atoms with E-state index in [0.29, 0.717) is 16.1 Å². The van der Waals surface area contributed by atoms with Gasteiger partial charge in [-0.2, -0.15) is 15.6 Å². The van der Waals surface area contributed by atoms with Gasteiger partial charge in [0, 0.05) is 27.5 Å². The molecule has 1 N–H and O–H groups in total. The molecule has 0 saturated carbocycles. The normalized spacial score (nSPS) is 10.2. The van der Waals surface area contributed by atoms with E-state index < -0.39 is 0 Å². The summed E-state index contributed by atoms with van der Waals surface area (Å²) in [5, 5.41) is 24.5. The second kappa shape index (κ2) is 7.34. The first kappa shape index (κ1) is 18.2. The standard InChI is InChI=1S/C8H3BrClN3.C8H4BrN3O/c9-6-1-7-8(10)5(2-11)3-12-13(7)4-6;9-6-1-7-8(13)5(2-10)3-11-12(7)4-6/h1,3-4H;1,3-4,11H. The maximum Gasteiger partial charge on any atom is 0.223 e. The van der Waals surface area contributed by atoms with E-state index in [4.69, 9.17) is 22.1 Å². The van der Waals surface area contributed by atoms with Gasteiger partial charge in [-0.15, -0.1) is 0 Å². The SMILES string of the molecule is N#Cc1c[nH]n2cc(Br)cc2c1=O.N#Cc1cnn2cc(Br)cc2c1Cl. The fraction of sp³-hybridized carbons (Fsp3) is 0. The van der Waals surface area contributed by atoms with Crippen LogP contribution in [0.25, 0.3) is 11.0 Å². The van der Waals surface area contributed by atoms with Crippen LogP contribution in [0.3, 0.4) is 0 Å². The maximum atomic E-state index is 11.5. The van der Waals surface area contributed by atoms with Crippen LogP contribution in [0.4, 0.5) is 0 Å². The van der Waals surface area contributed by atoms with E-state index in [0.717, 1.165) is 14.5 Å². The number of H-pyrrole nitrogens is 1. The molecule has 0 aliphatic rings. The second-order valence-corrected chi connectivity index (χ2v) is 7.22. The van der Waals surface area contributed by atoms with E-state index in [9.17, 15) is 4.79 Å². The summed E-state index contributed by atoms with van der Waals surface area (Å²) in [5.74, 6) is 0. The molecule has 4 aromatic heterocycles. The van der Waals surface area contributed by atoms with Gasteiger partial charge >= 0.3 is 0 Å². The van der Waals surface area contributed by atoms with E-state index in [-0.39, 0.29) is 11.0 Å². The monoisotopic (exact) mass is 492 g/mol. The lowest BCUT2D eigenvalue weighted by Crippen LogP contribution is -2.10. The molecule has 0 fully saturated rings. The van der Waals surface area contributed by atoms with E-state index in [1.54, 1.807) is 27.5 Å². The molecule has 7 nitrogen and oxygen atoms in total. The van der Waals surface area contributed by atoms with Crippen LogP contribution in [0.1, 0.15) is 11.1 Å². The van der Waals surface area contributed by atoms with Gasteiger partial charge in [-0.1, -0.05) is 11.6 Å². The molecule has 0 radical (unpaired) electrons. The van der Waals surface area contributed by atoms with E-state index in [1.165, 1.54) is 12.4 Å². The van der Waals surface area contributed by atoms with Crippen molar-refractivity contribution >= 4 is 54.5 Å². The molecule has 0 amide bonds. The number of nitrogens with one attached hydrogen (secondary N) is 1. The predicted octanol–water partition coefficient (Wildman–Crippen LogP) is 3.88. The predicted molar refractivity (Wildman–Crippen MR) is 103 cm³/mol. The summed E-state index contributed by atoms with van der Waals surface area (Å²) in [4.78, 5) is 11.5. The van der Waals surface area contributed by atoms with Crippen molar-refractivity contribution in [3.8, 4) is 12.1 Å². The lowest BCUT2D eigenvalue weighted by atomic mass is 10.3. The van der Waals surface area contributed by atoms with E-state index >= 15 is 0 Å². The molecule has 0 bridgehead atoms. The van der Waals surface area contributed by atoms with Crippen molar-refractivity contribution in [1.82, 2.24) is 19.2 Å². The van der Waals surface area contributed by atoms with Gasteiger partial charge in [-0.25, -0.2) is 4.52 Å². The number of aromatic amines is 1. The highest BCUT2D eigenvalue weighted by atomic mass is 79.9. The number of nitrogens with zero attached hydrogens (tertiary/aromatic N) is 5. The van der Waals surface area contributed by atoms with Gasteiger partial charge in [0.25, 0.3) is 0 Å². The van der Waals surface area contributed by atoms with Crippen LogP contribution in [0.15, 0.2) is 50.7 Å². The van der Waals surface area contributed by atoms with Crippen molar-refractivity contribution in [1.29, 1.82) is 10.5 Å². The average Bonchev–Trinajstić information content (AvgIpc) is 3.19. The molecular weight excluding hydrogens is 487 g/mol. The van der Waals surface area contributed by atoms with Crippen LogP contribution in [-0.4, -0.2) is 19.2 Å². The average molecular weight is 495 g/mol. The number of hydrogen-bond donors (Lipinski definition) is 1. The molecule has 0 saturated heterocycles. The molecule has 4 aromatic rings. The first-order valence-electron chi connectivity index (χ1n) is 6.96. The highest BCUT2D eigenvalue weighted by Crippen LogP contribution is 2.24. The molecule has 0 aliphatic heterocycles. The quantitative estimate of drug-likeness (QED) is 0.401. The van der Waals surface area contributed by atoms with Crippen LogP contribution < -0.4 is 5.43 Å². The lowest BCUT2D eigenvalue weighted by molar-refractivity contribution is 0.929. The van der Waals surface area contributed by atoms with Crippen LogP contribution in [0, 0.1) is 22.7 Å². The summed E-state index contributed by atoms with van der Waals surface area (Å²) in [6.45, 7) is 0. The van der Waals surface area contributed by atoms with Gasteiger partial charge < -0.3 is 5.10 Å².